The topological polar surface area (TPSA) is 116 Å². The zero-order valence-electron chi connectivity index (χ0n) is 18.0. The van der Waals surface area contributed by atoms with Crippen LogP contribution in [0.5, 0.6) is 5.75 Å². The number of carbonyl (C=O) groups excluding carboxylic acids is 2. The minimum Gasteiger partial charge on any atom is -0.419 e. The number of hydrogen-bond donors (Lipinski definition) is 1. The fourth-order valence-electron chi connectivity index (χ4n) is 4.45. The van der Waals surface area contributed by atoms with E-state index in [-0.39, 0.29) is 28.5 Å². The normalized spacial score (nSPS) is 14.8. The number of fused-ring (bicyclic) bond motifs is 5. The molecule has 2 aliphatic rings. The number of alkyl halides is 3. The number of nitrogens with zero attached hydrogens (tertiary/aromatic N) is 3. The van der Waals surface area contributed by atoms with Crippen LogP contribution < -0.4 is 10.1 Å². The second-order valence-corrected chi connectivity index (χ2v) is 8.21. The molecular formula is C23H17F3N4O5. The van der Waals surface area contributed by atoms with Crippen molar-refractivity contribution in [2.75, 3.05) is 6.54 Å². The smallest absolute Gasteiger partial charge is 0.419 e. The molecule has 1 N–H and O–H groups in total. The maximum atomic E-state index is 13.0. The van der Waals surface area contributed by atoms with E-state index in [4.69, 9.17) is 4.74 Å². The Labute approximate surface area is 195 Å². The molecule has 0 saturated carbocycles. The SMILES string of the molecule is O=C1NCCCn2nc3c(c21)CCc1cc(OC(=O)C(F)(F)F)c(-c2cccc([N+](=O)[O-])c2)cc1-3. The number of hydrogen-bond acceptors (Lipinski definition) is 6. The molecule has 3 aromatic rings. The molecule has 1 aliphatic heterocycles. The molecule has 9 nitrogen and oxygen atoms in total. The van der Waals surface area contributed by atoms with Gasteiger partial charge in [-0.25, -0.2) is 4.79 Å². The van der Waals surface area contributed by atoms with Gasteiger partial charge >= 0.3 is 12.1 Å². The zero-order chi connectivity index (χ0) is 24.9. The average Bonchev–Trinajstić information content (AvgIpc) is 3.09. The first-order chi connectivity index (χ1) is 16.6. The number of rotatable bonds is 3. The van der Waals surface area contributed by atoms with E-state index < -0.39 is 17.1 Å². The number of halogens is 3. The van der Waals surface area contributed by atoms with Crippen molar-refractivity contribution < 1.29 is 32.4 Å². The minimum atomic E-state index is -5.22. The highest BCUT2D eigenvalue weighted by Crippen LogP contribution is 2.43. The van der Waals surface area contributed by atoms with Crippen molar-refractivity contribution in [3.8, 4) is 28.1 Å². The van der Waals surface area contributed by atoms with Crippen LogP contribution in [0.25, 0.3) is 22.4 Å². The number of esters is 1. The molecule has 0 bridgehead atoms. The number of nitro groups is 1. The largest absolute Gasteiger partial charge is 0.491 e. The summed E-state index contributed by atoms with van der Waals surface area (Å²) in [6, 6.07) is 8.13. The van der Waals surface area contributed by atoms with E-state index in [0.29, 0.717) is 54.9 Å². The van der Waals surface area contributed by atoms with Crippen LogP contribution >= 0.6 is 0 Å². The van der Waals surface area contributed by atoms with Crippen LogP contribution in [0.3, 0.4) is 0 Å². The molecule has 2 heterocycles. The summed E-state index contributed by atoms with van der Waals surface area (Å²) in [6.45, 7) is 1.05. The van der Waals surface area contributed by atoms with Crippen LogP contribution in [0.4, 0.5) is 18.9 Å². The first-order valence-electron chi connectivity index (χ1n) is 10.7. The van der Waals surface area contributed by atoms with Gasteiger partial charge in [-0.2, -0.15) is 18.3 Å². The zero-order valence-corrected chi connectivity index (χ0v) is 18.0. The maximum absolute atomic E-state index is 13.0. The van der Waals surface area contributed by atoms with Crippen molar-refractivity contribution in [2.45, 2.75) is 32.0 Å². The molecule has 0 atom stereocenters. The molecule has 0 spiro atoms. The van der Waals surface area contributed by atoms with Gasteiger partial charge in [-0.3, -0.25) is 19.6 Å². The maximum Gasteiger partial charge on any atom is 0.491 e. The van der Waals surface area contributed by atoms with E-state index in [9.17, 15) is 32.9 Å². The molecule has 0 radical (unpaired) electrons. The third-order valence-electron chi connectivity index (χ3n) is 6.00. The molecule has 0 fully saturated rings. The van der Waals surface area contributed by atoms with E-state index in [1.54, 1.807) is 4.68 Å². The first kappa shape index (κ1) is 22.6. The molecule has 180 valence electrons. The van der Waals surface area contributed by atoms with Crippen LogP contribution in [-0.2, 0) is 24.2 Å². The molecule has 12 heteroatoms. The van der Waals surface area contributed by atoms with Crippen molar-refractivity contribution in [3.63, 3.8) is 0 Å². The third-order valence-corrected chi connectivity index (χ3v) is 6.00. The fraction of sp³-hybridized carbons (Fsp3) is 0.261. The van der Waals surface area contributed by atoms with E-state index in [1.165, 1.54) is 36.4 Å². The fourth-order valence-corrected chi connectivity index (χ4v) is 4.45. The monoisotopic (exact) mass is 486 g/mol. The van der Waals surface area contributed by atoms with Gasteiger partial charge in [0.25, 0.3) is 11.6 Å². The number of nitro benzene ring substituents is 1. The van der Waals surface area contributed by atoms with Crippen molar-refractivity contribution in [1.82, 2.24) is 15.1 Å². The number of carbonyl (C=O) groups is 2. The lowest BCUT2D eigenvalue weighted by molar-refractivity contribution is -0.384. The van der Waals surface area contributed by atoms with Gasteiger partial charge in [0.15, 0.2) is 0 Å². The third kappa shape index (κ3) is 4.00. The second-order valence-electron chi connectivity index (χ2n) is 8.21. The highest BCUT2D eigenvalue weighted by molar-refractivity contribution is 5.97. The first-order valence-corrected chi connectivity index (χ1v) is 10.7. The Morgan fingerprint density at radius 3 is 2.71 bits per heavy atom. The minimum absolute atomic E-state index is 0.0607. The average molecular weight is 486 g/mol. The standard InChI is InChI=1S/C23H17F3N4O5/c24-23(25,26)22(32)35-18-10-13-5-6-15-19(28-29-8-2-7-27-21(31)20(15)29)17(13)11-16(18)12-3-1-4-14(9-12)30(33)34/h1,3-4,9-11H,2,5-8H2,(H,27,31). The Bertz CT molecular complexity index is 1400. The van der Waals surface area contributed by atoms with Crippen LogP contribution in [0.15, 0.2) is 36.4 Å². The Kier molecular flexibility index (Phi) is 5.30. The molecular weight excluding hydrogens is 469 g/mol. The molecule has 1 aromatic heterocycles. The van der Waals surface area contributed by atoms with Crippen LogP contribution in [0.1, 0.15) is 28.0 Å². The summed E-state index contributed by atoms with van der Waals surface area (Å²) in [4.78, 5) is 34.9. The molecule has 35 heavy (non-hydrogen) atoms. The Hall–Kier alpha value is -4.22. The van der Waals surface area contributed by atoms with E-state index >= 15 is 0 Å². The second kappa shape index (κ2) is 8.22. The quantitative estimate of drug-likeness (QED) is 0.260. The van der Waals surface area contributed by atoms with Gasteiger partial charge in [0, 0.05) is 41.9 Å². The van der Waals surface area contributed by atoms with Gasteiger partial charge in [0.2, 0.25) is 0 Å². The van der Waals surface area contributed by atoms with Crippen molar-refractivity contribution >= 4 is 17.6 Å². The molecule has 1 aliphatic carbocycles. The number of amides is 1. The molecule has 1 amide bonds. The highest BCUT2D eigenvalue weighted by Gasteiger charge is 2.42. The summed E-state index contributed by atoms with van der Waals surface area (Å²) in [6.07, 6.45) is -3.73. The van der Waals surface area contributed by atoms with Gasteiger partial charge in [-0.1, -0.05) is 12.1 Å². The molecule has 2 aromatic carbocycles. The van der Waals surface area contributed by atoms with E-state index in [0.717, 1.165) is 5.56 Å². The highest BCUT2D eigenvalue weighted by atomic mass is 19.4. The lowest BCUT2D eigenvalue weighted by Gasteiger charge is -2.20. The van der Waals surface area contributed by atoms with E-state index in [1.807, 2.05) is 0 Å². The Morgan fingerprint density at radius 2 is 1.97 bits per heavy atom. The molecule has 0 saturated heterocycles. The van der Waals surface area contributed by atoms with Crippen molar-refractivity contribution in [1.29, 1.82) is 0 Å². The van der Waals surface area contributed by atoms with Gasteiger partial charge in [0.1, 0.15) is 11.4 Å². The summed E-state index contributed by atoms with van der Waals surface area (Å²) in [5, 5.41) is 18.7. The number of aryl methyl sites for hydroxylation is 2. The summed E-state index contributed by atoms with van der Waals surface area (Å²) in [5.41, 5.74) is 2.81. The van der Waals surface area contributed by atoms with Gasteiger partial charge in [-0.05, 0) is 42.5 Å². The summed E-state index contributed by atoms with van der Waals surface area (Å²) in [5.74, 6) is -3.01. The van der Waals surface area contributed by atoms with Crippen molar-refractivity contribution in [3.05, 3.63) is 63.3 Å². The number of aromatic nitrogens is 2. The molecule has 5 rings (SSSR count). The number of non-ortho nitro benzene ring substituents is 1. The molecule has 0 unspecified atom stereocenters. The Morgan fingerprint density at radius 1 is 1.17 bits per heavy atom. The lowest BCUT2D eigenvalue weighted by atomic mass is 9.86. The number of benzene rings is 2. The van der Waals surface area contributed by atoms with Crippen LogP contribution in [0.2, 0.25) is 0 Å². The van der Waals surface area contributed by atoms with Crippen LogP contribution in [0, 0.1) is 10.1 Å². The van der Waals surface area contributed by atoms with Crippen LogP contribution in [-0.4, -0.2) is 39.3 Å². The van der Waals surface area contributed by atoms with E-state index in [2.05, 4.69) is 10.4 Å². The van der Waals surface area contributed by atoms with Gasteiger partial charge in [0.05, 0.1) is 10.6 Å². The summed E-state index contributed by atoms with van der Waals surface area (Å²) >= 11 is 0. The Balaban J connectivity index is 1.69. The lowest BCUT2D eigenvalue weighted by Crippen LogP contribution is -2.28. The summed E-state index contributed by atoms with van der Waals surface area (Å²) < 4.78 is 45.2. The van der Waals surface area contributed by atoms with Crippen molar-refractivity contribution in [2.24, 2.45) is 0 Å². The predicted octanol–water partition coefficient (Wildman–Crippen LogP) is 3.83. The number of ether oxygens (including phenoxy) is 1. The number of nitrogens with one attached hydrogen (secondary N) is 1. The predicted molar refractivity (Wildman–Crippen MR) is 116 cm³/mol. The van der Waals surface area contributed by atoms with Gasteiger partial charge < -0.3 is 10.1 Å². The van der Waals surface area contributed by atoms with Gasteiger partial charge in [-0.15, -0.1) is 0 Å². The summed E-state index contributed by atoms with van der Waals surface area (Å²) in [7, 11) is 0.